The van der Waals surface area contributed by atoms with Gasteiger partial charge in [0.15, 0.2) is 0 Å². The maximum atomic E-state index is 10.6. The molecule has 68 valence electrons. The van der Waals surface area contributed by atoms with Crippen LogP contribution < -0.4 is 0 Å². The van der Waals surface area contributed by atoms with E-state index >= 15 is 0 Å². The minimum absolute atomic E-state index is 0.296. The predicted octanol–water partition coefficient (Wildman–Crippen LogP) is 1.53. The van der Waals surface area contributed by atoms with Crippen molar-refractivity contribution < 1.29 is 9.90 Å². The van der Waals surface area contributed by atoms with E-state index in [1.54, 1.807) is 0 Å². The van der Waals surface area contributed by atoms with Gasteiger partial charge in [0.1, 0.15) is 6.29 Å². The standard InChI is InChI=1S/C10H10O2S/c11-5-9-10(12)8-4-2-1-3-7(8)6-13-9/h1-5,9-10,12H,6H2. The van der Waals surface area contributed by atoms with Gasteiger partial charge in [-0.05, 0) is 11.1 Å². The molecule has 1 aliphatic rings. The average Bonchev–Trinajstić information content (AvgIpc) is 2.19. The van der Waals surface area contributed by atoms with Gasteiger partial charge in [0.05, 0.1) is 11.4 Å². The molecule has 0 aliphatic carbocycles. The second kappa shape index (κ2) is 3.52. The summed E-state index contributed by atoms with van der Waals surface area (Å²) in [4.78, 5) is 10.6. The van der Waals surface area contributed by atoms with Crippen molar-refractivity contribution in [3.63, 3.8) is 0 Å². The van der Waals surface area contributed by atoms with E-state index in [1.807, 2.05) is 24.3 Å². The van der Waals surface area contributed by atoms with E-state index < -0.39 is 6.10 Å². The van der Waals surface area contributed by atoms with Crippen LogP contribution >= 0.6 is 11.8 Å². The molecule has 0 bridgehead atoms. The van der Waals surface area contributed by atoms with Gasteiger partial charge < -0.3 is 9.90 Å². The summed E-state index contributed by atoms with van der Waals surface area (Å²) in [5.41, 5.74) is 2.04. The van der Waals surface area contributed by atoms with Crippen LogP contribution in [0.2, 0.25) is 0 Å². The van der Waals surface area contributed by atoms with Crippen molar-refractivity contribution in [2.45, 2.75) is 17.1 Å². The van der Waals surface area contributed by atoms with Gasteiger partial charge in [-0.3, -0.25) is 0 Å². The number of aliphatic hydroxyl groups excluding tert-OH is 1. The molecule has 3 heteroatoms. The van der Waals surface area contributed by atoms with Gasteiger partial charge >= 0.3 is 0 Å². The molecular formula is C10H10O2S. The normalized spacial score (nSPS) is 26.5. The third kappa shape index (κ3) is 1.49. The summed E-state index contributed by atoms with van der Waals surface area (Å²) in [5, 5.41) is 9.47. The maximum absolute atomic E-state index is 10.6. The molecule has 0 spiro atoms. The van der Waals surface area contributed by atoms with Gasteiger partial charge in [-0.1, -0.05) is 24.3 Å². The van der Waals surface area contributed by atoms with Gasteiger partial charge in [0, 0.05) is 5.75 Å². The van der Waals surface area contributed by atoms with Crippen molar-refractivity contribution >= 4 is 18.0 Å². The Morgan fingerprint density at radius 1 is 1.46 bits per heavy atom. The number of aliphatic hydroxyl groups is 1. The molecule has 0 saturated heterocycles. The number of thioether (sulfide) groups is 1. The van der Waals surface area contributed by atoms with Crippen molar-refractivity contribution in [2.75, 3.05) is 0 Å². The molecule has 0 saturated carbocycles. The molecule has 1 aliphatic heterocycles. The van der Waals surface area contributed by atoms with Crippen LogP contribution in [0.5, 0.6) is 0 Å². The van der Waals surface area contributed by atoms with E-state index in [-0.39, 0.29) is 5.25 Å². The van der Waals surface area contributed by atoms with E-state index in [4.69, 9.17) is 0 Å². The predicted molar refractivity (Wildman–Crippen MR) is 52.5 cm³/mol. The van der Waals surface area contributed by atoms with E-state index in [0.717, 1.165) is 23.2 Å². The van der Waals surface area contributed by atoms with Gasteiger partial charge in [-0.25, -0.2) is 0 Å². The number of benzene rings is 1. The Morgan fingerprint density at radius 3 is 3.00 bits per heavy atom. The van der Waals surface area contributed by atoms with Crippen molar-refractivity contribution in [1.82, 2.24) is 0 Å². The second-order valence-electron chi connectivity index (χ2n) is 3.06. The number of hydrogen-bond donors (Lipinski definition) is 1. The van der Waals surface area contributed by atoms with Gasteiger partial charge in [-0.15, -0.1) is 11.8 Å². The maximum Gasteiger partial charge on any atom is 0.135 e. The van der Waals surface area contributed by atoms with Gasteiger partial charge in [0.25, 0.3) is 0 Å². The zero-order valence-corrected chi connectivity index (χ0v) is 7.83. The molecule has 0 amide bonds. The minimum atomic E-state index is -0.632. The van der Waals surface area contributed by atoms with Crippen LogP contribution in [0.1, 0.15) is 17.2 Å². The lowest BCUT2D eigenvalue weighted by atomic mass is 10.0. The van der Waals surface area contributed by atoms with Crippen LogP contribution in [-0.4, -0.2) is 16.6 Å². The largest absolute Gasteiger partial charge is 0.387 e. The first-order valence-corrected chi connectivity index (χ1v) is 5.20. The first-order chi connectivity index (χ1) is 6.33. The summed E-state index contributed by atoms with van der Waals surface area (Å²) in [5.74, 6) is 0.816. The Morgan fingerprint density at radius 2 is 2.23 bits per heavy atom. The van der Waals surface area contributed by atoms with Crippen LogP contribution in [-0.2, 0) is 10.5 Å². The van der Waals surface area contributed by atoms with Crippen LogP contribution in [0, 0.1) is 0 Å². The molecule has 2 atom stereocenters. The Kier molecular flexibility index (Phi) is 2.38. The highest BCUT2D eigenvalue weighted by Crippen LogP contribution is 2.36. The highest BCUT2D eigenvalue weighted by molar-refractivity contribution is 7.99. The summed E-state index contributed by atoms with van der Waals surface area (Å²) in [6, 6.07) is 7.72. The number of fused-ring (bicyclic) bond motifs is 1. The van der Waals surface area contributed by atoms with Crippen LogP contribution in [0.4, 0.5) is 0 Å². The highest BCUT2D eigenvalue weighted by Gasteiger charge is 2.27. The minimum Gasteiger partial charge on any atom is -0.387 e. The number of aldehydes is 1. The Hall–Kier alpha value is -0.800. The van der Waals surface area contributed by atoms with Crippen LogP contribution in [0.15, 0.2) is 24.3 Å². The SMILES string of the molecule is O=CC1SCc2ccccc2C1O. The zero-order chi connectivity index (χ0) is 9.26. The number of rotatable bonds is 1. The summed E-state index contributed by atoms with van der Waals surface area (Å²) in [6.45, 7) is 0. The molecule has 13 heavy (non-hydrogen) atoms. The fourth-order valence-corrected chi connectivity index (χ4v) is 2.56. The highest BCUT2D eigenvalue weighted by atomic mass is 32.2. The van der Waals surface area contributed by atoms with Gasteiger partial charge in [0.2, 0.25) is 0 Å². The smallest absolute Gasteiger partial charge is 0.135 e. The van der Waals surface area contributed by atoms with E-state index in [0.29, 0.717) is 0 Å². The van der Waals surface area contributed by atoms with Crippen molar-refractivity contribution in [3.8, 4) is 0 Å². The Labute approximate surface area is 81.0 Å². The molecule has 2 nitrogen and oxygen atoms in total. The molecule has 2 rings (SSSR count). The molecular weight excluding hydrogens is 184 g/mol. The lowest BCUT2D eigenvalue weighted by molar-refractivity contribution is -0.109. The zero-order valence-electron chi connectivity index (χ0n) is 7.01. The second-order valence-corrected chi connectivity index (χ2v) is 4.22. The van der Waals surface area contributed by atoms with Crippen molar-refractivity contribution in [2.24, 2.45) is 0 Å². The van der Waals surface area contributed by atoms with E-state index in [1.165, 1.54) is 11.8 Å². The van der Waals surface area contributed by atoms with Gasteiger partial charge in [-0.2, -0.15) is 0 Å². The first-order valence-electron chi connectivity index (χ1n) is 4.15. The monoisotopic (exact) mass is 194 g/mol. The molecule has 1 aromatic rings. The van der Waals surface area contributed by atoms with E-state index in [2.05, 4.69) is 0 Å². The number of carbonyl (C=O) groups is 1. The average molecular weight is 194 g/mol. The molecule has 0 radical (unpaired) electrons. The molecule has 2 unspecified atom stereocenters. The quantitative estimate of drug-likeness (QED) is 0.689. The summed E-state index contributed by atoms with van der Waals surface area (Å²) in [7, 11) is 0. The van der Waals surface area contributed by atoms with Crippen molar-refractivity contribution in [3.05, 3.63) is 35.4 Å². The number of carbonyl (C=O) groups excluding carboxylic acids is 1. The van der Waals surface area contributed by atoms with E-state index in [9.17, 15) is 9.90 Å². The lowest BCUT2D eigenvalue weighted by Gasteiger charge is -2.25. The van der Waals surface area contributed by atoms with Crippen molar-refractivity contribution in [1.29, 1.82) is 0 Å². The first kappa shape index (κ1) is 8.78. The molecule has 1 aromatic carbocycles. The third-order valence-electron chi connectivity index (χ3n) is 2.25. The Bertz CT molecular complexity index is 324. The fraction of sp³-hybridized carbons (Fsp3) is 0.300. The summed E-state index contributed by atoms with van der Waals surface area (Å²) < 4.78 is 0. The Balaban J connectivity index is 2.38. The topological polar surface area (TPSA) is 37.3 Å². The third-order valence-corrected chi connectivity index (χ3v) is 3.48. The fourth-order valence-electron chi connectivity index (χ4n) is 1.52. The summed E-state index contributed by atoms with van der Waals surface area (Å²) in [6.07, 6.45) is 0.193. The molecule has 0 fully saturated rings. The molecule has 1 N–H and O–H groups in total. The lowest BCUT2D eigenvalue weighted by Crippen LogP contribution is -2.22. The summed E-state index contributed by atoms with van der Waals surface area (Å²) >= 11 is 1.50. The van der Waals surface area contributed by atoms with Crippen LogP contribution in [0.3, 0.4) is 0 Å². The molecule has 0 aromatic heterocycles. The number of hydrogen-bond acceptors (Lipinski definition) is 3. The van der Waals surface area contributed by atoms with Crippen LogP contribution in [0.25, 0.3) is 0 Å². The molecule has 1 heterocycles.